The van der Waals surface area contributed by atoms with Gasteiger partial charge in [0.25, 0.3) is 0 Å². The van der Waals surface area contributed by atoms with Crippen molar-refractivity contribution in [1.29, 1.82) is 0 Å². The molecule has 2 rings (SSSR count). The summed E-state index contributed by atoms with van der Waals surface area (Å²) in [6.07, 6.45) is 4.09. The second-order valence-electron chi connectivity index (χ2n) is 5.23. The molecule has 0 aromatic carbocycles. The van der Waals surface area contributed by atoms with E-state index in [-0.39, 0.29) is 12.3 Å². The molecule has 0 amide bonds. The number of nitrogens with one attached hydrogen (secondary N) is 1. The smallest absolute Gasteiger partial charge is 0.340 e. The van der Waals surface area contributed by atoms with Gasteiger partial charge < -0.3 is 18.9 Å². The molecule has 0 atom stereocenters. The number of Topliss-reactive ketones (excluding diaryl/α,β-unsaturated/α-hetero) is 1. The van der Waals surface area contributed by atoms with Gasteiger partial charge in [-0.1, -0.05) is 0 Å². The Bertz CT molecular complexity index is 798. The molecule has 7 heteroatoms. The van der Waals surface area contributed by atoms with Crippen LogP contribution in [0.15, 0.2) is 28.9 Å². The standard InChI is InChI=1S/C18H19NO6/c1-4-23-18(22)16-11(2)17(19-12(16)3)14(20)10-25-15(21)8-7-13-6-5-9-24-13/h5-9,19H,4,10H2,1-3H3. The maximum atomic E-state index is 12.2. The van der Waals surface area contributed by atoms with Gasteiger partial charge in [-0.25, -0.2) is 9.59 Å². The van der Waals surface area contributed by atoms with Crippen LogP contribution in [0.4, 0.5) is 0 Å². The number of ketones is 1. The van der Waals surface area contributed by atoms with Crippen LogP contribution < -0.4 is 0 Å². The summed E-state index contributed by atoms with van der Waals surface area (Å²) in [6.45, 7) is 4.82. The minimum atomic E-state index is -0.670. The lowest BCUT2D eigenvalue weighted by Gasteiger charge is -2.03. The summed E-state index contributed by atoms with van der Waals surface area (Å²) in [4.78, 5) is 38.7. The van der Waals surface area contributed by atoms with Crippen LogP contribution in [0.2, 0.25) is 0 Å². The summed E-state index contributed by atoms with van der Waals surface area (Å²) < 4.78 is 14.9. The van der Waals surface area contributed by atoms with E-state index >= 15 is 0 Å². The number of hydrogen-bond acceptors (Lipinski definition) is 6. The van der Waals surface area contributed by atoms with Gasteiger partial charge in [0.2, 0.25) is 5.78 Å². The molecule has 1 N–H and O–H groups in total. The molecule has 25 heavy (non-hydrogen) atoms. The van der Waals surface area contributed by atoms with Gasteiger partial charge in [-0.2, -0.15) is 0 Å². The van der Waals surface area contributed by atoms with Crippen LogP contribution in [-0.4, -0.2) is 35.9 Å². The lowest BCUT2D eigenvalue weighted by Crippen LogP contribution is -2.14. The first-order valence-corrected chi connectivity index (χ1v) is 7.71. The molecule has 0 aliphatic carbocycles. The van der Waals surface area contributed by atoms with E-state index in [0.29, 0.717) is 22.6 Å². The van der Waals surface area contributed by atoms with Gasteiger partial charge in [-0.05, 0) is 44.5 Å². The number of aromatic nitrogens is 1. The van der Waals surface area contributed by atoms with E-state index in [9.17, 15) is 14.4 Å². The van der Waals surface area contributed by atoms with Crippen LogP contribution in [0, 0.1) is 13.8 Å². The van der Waals surface area contributed by atoms with Crippen molar-refractivity contribution >= 4 is 23.8 Å². The van der Waals surface area contributed by atoms with E-state index in [1.165, 1.54) is 18.4 Å². The van der Waals surface area contributed by atoms with E-state index in [1.54, 1.807) is 32.9 Å². The highest BCUT2D eigenvalue weighted by molar-refractivity contribution is 6.02. The van der Waals surface area contributed by atoms with Crippen molar-refractivity contribution in [3.05, 3.63) is 52.7 Å². The van der Waals surface area contributed by atoms with Crippen LogP contribution in [-0.2, 0) is 14.3 Å². The van der Waals surface area contributed by atoms with Gasteiger partial charge >= 0.3 is 11.9 Å². The van der Waals surface area contributed by atoms with Crippen molar-refractivity contribution in [3.63, 3.8) is 0 Å². The predicted octanol–water partition coefficient (Wildman–Crippen LogP) is 2.84. The first-order valence-electron chi connectivity index (χ1n) is 7.71. The van der Waals surface area contributed by atoms with E-state index in [4.69, 9.17) is 13.9 Å². The number of esters is 2. The average Bonchev–Trinajstić information content (AvgIpc) is 3.18. The topological polar surface area (TPSA) is 98.6 Å². The van der Waals surface area contributed by atoms with E-state index in [2.05, 4.69) is 4.98 Å². The Kier molecular flexibility index (Phi) is 5.94. The third-order valence-electron chi connectivity index (χ3n) is 3.47. The number of rotatable bonds is 7. The molecule has 2 aromatic heterocycles. The van der Waals surface area contributed by atoms with Crippen molar-refractivity contribution in [1.82, 2.24) is 4.98 Å². The molecule has 0 aliphatic heterocycles. The minimum absolute atomic E-state index is 0.225. The molecule has 2 heterocycles. The molecular weight excluding hydrogens is 326 g/mol. The quantitative estimate of drug-likeness (QED) is 0.471. The van der Waals surface area contributed by atoms with Gasteiger partial charge in [0, 0.05) is 11.8 Å². The van der Waals surface area contributed by atoms with Crippen LogP contribution in [0.5, 0.6) is 0 Å². The Balaban J connectivity index is 2.00. The number of carbonyl (C=O) groups excluding carboxylic acids is 3. The van der Waals surface area contributed by atoms with Gasteiger partial charge in [0.15, 0.2) is 6.61 Å². The predicted molar refractivity (Wildman–Crippen MR) is 89.3 cm³/mol. The molecule has 2 aromatic rings. The molecule has 0 aliphatic rings. The normalized spacial score (nSPS) is 10.8. The van der Waals surface area contributed by atoms with E-state index < -0.39 is 24.3 Å². The molecule has 0 saturated carbocycles. The zero-order chi connectivity index (χ0) is 18.4. The van der Waals surface area contributed by atoms with Crippen molar-refractivity contribution in [2.45, 2.75) is 20.8 Å². The number of aryl methyl sites for hydroxylation is 1. The van der Waals surface area contributed by atoms with Gasteiger partial charge in [-0.3, -0.25) is 4.79 Å². The SMILES string of the molecule is CCOC(=O)c1c(C)[nH]c(C(=O)COC(=O)C=Cc2ccco2)c1C. The highest BCUT2D eigenvalue weighted by Crippen LogP contribution is 2.19. The number of aromatic amines is 1. The maximum Gasteiger partial charge on any atom is 0.340 e. The Hall–Kier alpha value is -3.09. The van der Waals surface area contributed by atoms with Crippen LogP contribution in [0.3, 0.4) is 0 Å². The molecule has 0 fully saturated rings. The molecule has 7 nitrogen and oxygen atoms in total. The number of carbonyl (C=O) groups is 3. The summed E-state index contributed by atoms with van der Waals surface area (Å²) in [5.74, 6) is -1.10. The third-order valence-corrected chi connectivity index (χ3v) is 3.47. The van der Waals surface area contributed by atoms with Gasteiger partial charge in [0.05, 0.1) is 24.1 Å². The van der Waals surface area contributed by atoms with E-state index in [0.717, 1.165) is 0 Å². The lowest BCUT2D eigenvalue weighted by atomic mass is 10.1. The van der Waals surface area contributed by atoms with Gasteiger partial charge in [0.1, 0.15) is 5.76 Å². The third kappa shape index (κ3) is 4.47. The van der Waals surface area contributed by atoms with Crippen LogP contribution in [0.25, 0.3) is 6.08 Å². The highest BCUT2D eigenvalue weighted by atomic mass is 16.5. The Morgan fingerprint density at radius 1 is 1.24 bits per heavy atom. The molecule has 0 spiro atoms. The summed E-state index contributed by atoms with van der Waals surface area (Å²) in [6, 6.07) is 3.36. The zero-order valence-corrected chi connectivity index (χ0v) is 14.3. The zero-order valence-electron chi connectivity index (χ0n) is 14.3. The number of furan rings is 1. The molecule has 132 valence electrons. The fraction of sp³-hybridized carbons (Fsp3) is 0.278. The minimum Gasteiger partial charge on any atom is -0.465 e. The monoisotopic (exact) mass is 345 g/mol. The Morgan fingerprint density at radius 2 is 2.00 bits per heavy atom. The van der Waals surface area contributed by atoms with Crippen molar-refractivity contribution in [2.24, 2.45) is 0 Å². The molecule has 0 saturated heterocycles. The fourth-order valence-corrected chi connectivity index (χ4v) is 2.33. The van der Waals surface area contributed by atoms with Gasteiger partial charge in [-0.15, -0.1) is 0 Å². The summed E-state index contributed by atoms with van der Waals surface area (Å²) in [5, 5.41) is 0. The largest absolute Gasteiger partial charge is 0.465 e. The molecular formula is C18H19NO6. The Morgan fingerprint density at radius 3 is 2.64 bits per heavy atom. The summed E-state index contributed by atoms with van der Waals surface area (Å²) in [5.41, 5.74) is 1.56. The van der Waals surface area contributed by atoms with Crippen molar-refractivity contribution < 1.29 is 28.3 Å². The summed E-state index contributed by atoms with van der Waals surface area (Å²) in [7, 11) is 0. The first kappa shape index (κ1) is 18.3. The number of ether oxygens (including phenoxy) is 2. The first-order chi connectivity index (χ1) is 11.9. The fourth-order valence-electron chi connectivity index (χ4n) is 2.33. The second kappa shape index (κ2) is 8.14. The molecule has 0 bridgehead atoms. The van der Waals surface area contributed by atoms with Crippen molar-refractivity contribution in [2.75, 3.05) is 13.2 Å². The number of H-pyrrole nitrogens is 1. The second-order valence-corrected chi connectivity index (χ2v) is 5.23. The lowest BCUT2D eigenvalue weighted by molar-refractivity contribution is -0.136. The van der Waals surface area contributed by atoms with Crippen LogP contribution in [0.1, 0.15) is 44.8 Å². The number of hydrogen-bond donors (Lipinski definition) is 1. The Labute approximate surface area is 144 Å². The average molecular weight is 345 g/mol. The van der Waals surface area contributed by atoms with E-state index in [1.807, 2.05) is 0 Å². The molecule has 0 unspecified atom stereocenters. The maximum absolute atomic E-state index is 12.2. The summed E-state index contributed by atoms with van der Waals surface area (Å²) >= 11 is 0. The van der Waals surface area contributed by atoms with Crippen molar-refractivity contribution in [3.8, 4) is 0 Å². The van der Waals surface area contributed by atoms with Crippen LogP contribution >= 0.6 is 0 Å². The highest BCUT2D eigenvalue weighted by Gasteiger charge is 2.23. The molecule has 0 radical (unpaired) electrons.